The lowest BCUT2D eigenvalue weighted by Gasteiger charge is -2.38. The third kappa shape index (κ3) is 4.82. The van der Waals surface area contributed by atoms with Gasteiger partial charge in [0.1, 0.15) is 0 Å². The number of aryl methyl sites for hydroxylation is 1. The fraction of sp³-hybridized carbons (Fsp3) is 0.684. The van der Waals surface area contributed by atoms with Crippen LogP contribution in [0, 0.1) is 6.92 Å². The third-order valence-corrected chi connectivity index (χ3v) is 7.58. The van der Waals surface area contributed by atoms with Gasteiger partial charge in [0.25, 0.3) is 0 Å². The zero-order chi connectivity index (χ0) is 17.9. The van der Waals surface area contributed by atoms with Crippen LogP contribution in [0.1, 0.15) is 42.9 Å². The van der Waals surface area contributed by atoms with Crippen molar-refractivity contribution in [1.29, 1.82) is 0 Å². The van der Waals surface area contributed by atoms with Gasteiger partial charge >= 0.3 is 0 Å². The molecule has 1 atom stereocenters. The van der Waals surface area contributed by atoms with Crippen molar-refractivity contribution in [3.63, 3.8) is 0 Å². The second-order valence-corrected chi connectivity index (χ2v) is 9.61. The third-order valence-electron chi connectivity index (χ3n) is 5.66. The molecule has 2 fully saturated rings. The smallest absolute Gasteiger partial charge is 0.214 e. The molecule has 5 nitrogen and oxygen atoms in total. The summed E-state index contributed by atoms with van der Waals surface area (Å²) in [6, 6.07) is 8.61. The molecule has 1 aromatic rings. The van der Waals surface area contributed by atoms with E-state index in [1.165, 1.54) is 11.1 Å². The minimum absolute atomic E-state index is 0.102. The first kappa shape index (κ1) is 18.8. The molecule has 1 unspecified atom stereocenters. The molecule has 1 heterocycles. The Morgan fingerprint density at radius 3 is 2.28 bits per heavy atom. The highest BCUT2D eigenvalue weighted by Gasteiger charge is 2.31. The van der Waals surface area contributed by atoms with Gasteiger partial charge in [-0.3, -0.25) is 4.90 Å². The first-order valence-electron chi connectivity index (χ1n) is 9.43. The monoisotopic (exact) mass is 365 g/mol. The maximum Gasteiger partial charge on any atom is 0.214 e. The van der Waals surface area contributed by atoms with Crippen LogP contribution in [0.2, 0.25) is 0 Å². The summed E-state index contributed by atoms with van der Waals surface area (Å²) in [5.41, 5.74) is 2.43. The van der Waals surface area contributed by atoms with E-state index in [2.05, 4.69) is 52.8 Å². The van der Waals surface area contributed by atoms with E-state index in [1.54, 1.807) is 0 Å². The molecule has 1 saturated heterocycles. The average Bonchev–Trinajstić information content (AvgIpc) is 3.13. The van der Waals surface area contributed by atoms with Gasteiger partial charge in [-0.25, -0.2) is 13.1 Å². The summed E-state index contributed by atoms with van der Waals surface area (Å²) in [6.45, 7) is 6.54. The summed E-state index contributed by atoms with van der Waals surface area (Å²) >= 11 is 0. The van der Waals surface area contributed by atoms with Gasteiger partial charge in [-0.1, -0.05) is 42.7 Å². The number of rotatable bonds is 6. The van der Waals surface area contributed by atoms with Crippen molar-refractivity contribution >= 4 is 10.0 Å². The Morgan fingerprint density at radius 1 is 1.08 bits per heavy atom. The van der Waals surface area contributed by atoms with Crippen molar-refractivity contribution in [3.05, 3.63) is 35.4 Å². The molecule has 0 radical (unpaired) electrons. The van der Waals surface area contributed by atoms with Gasteiger partial charge in [0.2, 0.25) is 10.0 Å². The van der Waals surface area contributed by atoms with Gasteiger partial charge in [-0.2, -0.15) is 0 Å². The molecule has 2 aliphatic rings. The number of nitrogens with zero attached hydrogens (tertiary/aromatic N) is 2. The van der Waals surface area contributed by atoms with E-state index in [0.717, 1.165) is 51.9 Å². The molecule has 1 aliphatic heterocycles. The summed E-state index contributed by atoms with van der Waals surface area (Å²) in [7, 11) is -1.07. The number of benzene rings is 1. The van der Waals surface area contributed by atoms with E-state index >= 15 is 0 Å². The quantitative estimate of drug-likeness (QED) is 0.839. The fourth-order valence-electron chi connectivity index (χ4n) is 3.89. The number of piperazine rings is 1. The Bertz CT molecular complexity index is 646. The molecule has 0 spiro atoms. The van der Waals surface area contributed by atoms with Crippen LogP contribution < -0.4 is 4.72 Å². The SMILES string of the molecule is Cc1ccc(C(CNS(=O)(=O)C2CCCC2)N2CCN(C)CC2)cc1. The molecule has 0 amide bonds. The summed E-state index contributed by atoms with van der Waals surface area (Å²) in [4.78, 5) is 4.74. The molecule has 25 heavy (non-hydrogen) atoms. The molecule has 1 aliphatic carbocycles. The highest BCUT2D eigenvalue weighted by Crippen LogP contribution is 2.26. The minimum atomic E-state index is -3.21. The Labute approximate surface area is 152 Å². The van der Waals surface area contributed by atoms with Crippen molar-refractivity contribution < 1.29 is 8.42 Å². The lowest BCUT2D eigenvalue weighted by atomic mass is 10.0. The maximum atomic E-state index is 12.6. The highest BCUT2D eigenvalue weighted by molar-refractivity contribution is 7.90. The number of hydrogen-bond acceptors (Lipinski definition) is 4. The summed E-state index contributed by atoms with van der Waals surface area (Å²) in [5, 5.41) is -0.196. The van der Waals surface area contributed by atoms with Gasteiger partial charge in [-0.15, -0.1) is 0 Å². The van der Waals surface area contributed by atoms with E-state index in [9.17, 15) is 8.42 Å². The maximum absolute atomic E-state index is 12.6. The van der Waals surface area contributed by atoms with Crippen LogP contribution >= 0.6 is 0 Å². The standard InChI is InChI=1S/C19H31N3O2S/c1-16-7-9-17(10-8-16)19(22-13-11-21(2)12-14-22)15-20-25(23,24)18-5-3-4-6-18/h7-10,18-20H,3-6,11-15H2,1-2H3. The lowest BCUT2D eigenvalue weighted by molar-refractivity contribution is 0.113. The van der Waals surface area contributed by atoms with Crippen LogP contribution in [0.3, 0.4) is 0 Å². The predicted molar refractivity (Wildman–Crippen MR) is 102 cm³/mol. The van der Waals surface area contributed by atoms with E-state index in [-0.39, 0.29) is 11.3 Å². The van der Waals surface area contributed by atoms with Crippen molar-refractivity contribution in [2.75, 3.05) is 39.8 Å². The van der Waals surface area contributed by atoms with Gasteiger partial charge in [0.15, 0.2) is 0 Å². The lowest BCUT2D eigenvalue weighted by Crippen LogP contribution is -2.49. The first-order chi connectivity index (χ1) is 12.0. The summed E-state index contributed by atoms with van der Waals surface area (Å²) in [5.74, 6) is 0. The molecule has 1 aromatic carbocycles. The molecule has 0 bridgehead atoms. The summed E-state index contributed by atoms with van der Waals surface area (Å²) in [6.07, 6.45) is 3.68. The molecule has 1 saturated carbocycles. The van der Waals surface area contributed by atoms with Gasteiger partial charge in [0.05, 0.1) is 5.25 Å². The van der Waals surface area contributed by atoms with Crippen molar-refractivity contribution in [1.82, 2.24) is 14.5 Å². The van der Waals surface area contributed by atoms with Crippen LogP contribution in [0.4, 0.5) is 0 Å². The highest BCUT2D eigenvalue weighted by atomic mass is 32.2. The van der Waals surface area contributed by atoms with Crippen molar-refractivity contribution in [2.24, 2.45) is 0 Å². The minimum Gasteiger partial charge on any atom is -0.304 e. The normalized spacial score (nSPS) is 22.3. The van der Waals surface area contributed by atoms with Crippen LogP contribution in [0.25, 0.3) is 0 Å². The van der Waals surface area contributed by atoms with E-state index in [1.807, 2.05) is 0 Å². The van der Waals surface area contributed by atoms with Crippen LogP contribution in [0.15, 0.2) is 24.3 Å². The van der Waals surface area contributed by atoms with Crippen LogP contribution in [-0.2, 0) is 10.0 Å². The Hall–Kier alpha value is -0.950. The molecular weight excluding hydrogens is 334 g/mol. The molecule has 6 heteroatoms. The molecular formula is C19H31N3O2S. The fourth-order valence-corrected chi connectivity index (χ4v) is 5.47. The number of hydrogen-bond donors (Lipinski definition) is 1. The second kappa shape index (κ2) is 8.16. The Morgan fingerprint density at radius 2 is 1.68 bits per heavy atom. The second-order valence-electron chi connectivity index (χ2n) is 7.57. The van der Waals surface area contributed by atoms with Gasteiger partial charge < -0.3 is 4.90 Å². The number of likely N-dealkylation sites (N-methyl/N-ethyl adjacent to an activating group) is 1. The summed E-state index contributed by atoms with van der Waals surface area (Å²) < 4.78 is 28.2. The molecule has 140 valence electrons. The molecule has 1 N–H and O–H groups in total. The largest absolute Gasteiger partial charge is 0.304 e. The van der Waals surface area contributed by atoms with Crippen molar-refractivity contribution in [3.8, 4) is 0 Å². The van der Waals surface area contributed by atoms with Crippen LogP contribution in [-0.4, -0.2) is 63.2 Å². The zero-order valence-electron chi connectivity index (χ0n) is 15.4. The predicted octanol–water partition coefficient (Wildman–Crippen LogP) is 2.15. The van der Waals surface area contributed by atoms with Gasteiger partial charge in [-0.05, 0) is 32.4 Å². The molecule has 0 aromatic heterocycles. The Balaban J connectivity index is 1.73. The zero-order valence-corrected chi connectivity index (χ0v) is 16.3. The van der Waals surface area contributed by atoms with Gasteiger partial charge in [0, 0.05) is 38.8 Å². The number of nitrogens with one attached hydrogen (secondary N) is 1. The van der Waals surface area contributed by atoms with E-state index < -0.39 is 10.0 Å². The topological polar surface area (TPSA) is 52.7 Å². The first-order valence-corrected chi connectivity index (χ1v) is 11.0. The van der Waals surface area contributed by atoms with E-state index in [4.69, 9.17) is 0 Å². The van der Waals surface area contributed by atoms with Crippen LogP contribution in [0.5, 0.6) is 0 Å². The van der Waals surface area contributed by atoms with E-state index in [0.29, 0.717) is 6.54 Å². The van der Waals surface area contributed by atoms with Crippen molar-refractivity contribution in [2.45, 2.75) is 43.9 Å². The average molecular weight is 366 g/mol. The Kier molecular flexibility index (Phi) is 6.15. The molecule has 3 rings (SSSR count). The number of sulfonamides is 1.